The molecule has 1 aliphatic rings. The Hall–Kier alpha value is -1.38. The van der Waals surface area contributed by atoms with Crippen molar-refractivity contribution in [3.63, 3.8) is 0 Å². The molecular weight excluding hydrogens is 190 g/mol. The molecule has 0 heterocycles. The van der Waals surface area contributed by atoms with Gasteiger partial charge in [0.2, 0.25) is 0 Å². The van der Waals surface area contributed by atoms with Gasteiger partial charge in [0.05, 0.1) is 18.9 Å². The van der Waals surface area contributed by atoms with E-state index < -0.39 is 0 Å². The summed E-state index contributed by atoms with van der Waals surface area (Å²) in [5.74, 6) is 2.32. The minimum Gasteiger partial charge on any atom is -0.493 e. The lowest BCUT2D eigenvalue weighted by Gasteiger charge is -2.10. The van der Waals surface area contributed by atoms with Crippen LogP contribution in [0, 0.1) is 5.92 Å². The zero-order valence-corrected chi connectivity index (χ0v) is 9.03. The molecule has 3 heteroatoms. The van der Waals surface area contributed by atoms with Crippen LogP contribution in [0.25, 0.3) is 0 Å². The second-order valence-electron chi connectivity index (χ2n) is 3.89. The number of hydrogen-bond acceptors (Lipinski definition) is 3. The molecule has 82 valence electrons. The van der Waals surface area contributed by atoms with Crippen molar-refractivity contribution in [2.45, 2.75) is 19.8 Å². The highest BCUT2D eigenvalue weighted by atomic mass is 16.5. The highest BCUT2D eigenvalue weighted by Gasteiger charge is 2.21. The van der Waals surface area contributed by atoms with Gasteiger partial charge in [0.15, 0.2) is 0 Å². The number of rotatable bonds is 5. The summed E-state index contributed by atoms with van der Waals surface area (Å²) in [6, 6.07) is 5.58. The lowest BCUT2D eigenvalue weighted by atomic mass is 10.3. The minimum atomic E-state index is 0.621. The van der Waals surface area contributed by atoms with E-state index in [-0.39, 0.29) is 0 Å². The summed E-state index contributed by atoms with van der Waals surface area (Å²) < 4.78 is 11.0. The van der Waals surface area contributed by atoms with E-state index in [4.69, 9.17) is 15.2 Å². The quantitative estimate of drug-likeness (QED) is 0.754. The van der Waals surface area contributed by atoms with Crippen LogP contribution in [0.15, 0.2) is 18.2 Å². The lowest BCUT2D eigenvalue weighted by molar-refractivity contribution is 0.295. The van der Waals surface area contributed by atoms with Crippen molar-refractivity contribution in [1.29, 1.82) is 0 Å². The van der Waals surface area contributed by atoms with E-state index in [0.717, 1.165) is 18.3 Å². The third kappa shape index (κ3) is 2.78. The molecule has 1 saturated carbocycles. The van der Waals surface area contributed by atoms with Gasteiger partial charge in [-0.05, 0) is 37.8 Å². The maximum Gasteiger partial charge on any atom is 0.145 e. The Labute approximate surface area is 90.2 Å². The van der Waals surface area contributed by atoms with Gasteiger partial charge in [-0.25, -0.2) is 0 Å². The monoisotopic (exact) mass is 207 g/mol. The zero-order chi connectivity index (χ0) is 10.7. The van der Waals surface area contributed by atoms with E-state index >= 15 is 0 Å². The lowest BCUT2D eigenvalue weighted by Crippen LogP contribution is -2.01. The fourth-order valence-corrected chi connectivity index (χ4v) is 1.38. The molecular formula is C12H17NO2. The first-order valence-corrected chi connectivity index (χ1v) is 5.44. The first-order chi connectivity index (χ1) is 7.29. The van der Waals surface area contributed by atoms with E-state index in [0.29, 0.717) is 18.0 Å². The Bertz CT molecular complexity index is 334. The van der Waals surface area contributed by atoms with Crippen molar-refractivity contribution >= 4 is 5.69 Å². The standard InChI is InChI=1S/C12H17NO2/c1-2-14-12-7-10(5-6-11(12)13)15-8-9-3-4-9/h5-7,9H,2-4,8,13H2,1H3. The molecule has 0 radical (unpaired) electrons. The predicted molar refractivity (Wildman–Crippen MR) is 60.2 cm³/mol. The average Bonchev–Trinajstić information content (AvgIpc) is 3.03. The summed E-state index contributed by atoms with van der Waals surface area (Å²) in [5, 5.41) is 0. The van der Waals surface area contributed by atoms with Crippen molar-refractivity contribution in [1.82, 2.24) is 0 Å². The third-order valence-corrected chi connectivity index (χ3v) is 2.47. The Morgan fingerprint density at radius 1 is 1.33 bits per heavy atom. The maximum absolute atomic E-state index is 5.76. The Morgan fingerprint density at radius 3 is 2.80 bits per heavy atom. The summed E-state index contributed by atoms with van der Waals surface area (Å²) in [6.45, 7) is 3.38. The second-order valence-corrected chi connectivity index (χ2v) is 3.89. The third-order valence-electron chi connectivity index (χ3n) is 2.47. The SMILES string of the molecule is CCOc1cc(OCC2CC2)ccc1N. The molecule has 0 bridgehead atoms. The second kappa shape index (κ2) is 4.43. The van der Waals surface area contributed by atoms with Gasteiger partial charge in [-0.2, -0.15) is 0 Å². The van der Waals surface area contributed by atoms with Crippen LogP contribution in [-0.4, -0.2) is 13.2 Å². The molecule has 15 heavy (non-hydrogen) atoms. The van der Waals surface area contributed by atoms with E-state index in [9.17, 15) is 0 Å². The van der Waals surface area contributed by atoms with Crippen molar-refractivity contribution in [3.05, 3.63) is 18.2 Å². The van der Waals surface area contributed by atoms with Crippen LogP contribution in [0.3, 0.4) is 0 Å². The maximum atomic E-state index is 5.76. The molecule has 1 aromatic rings. The average molecular weight is 207 g/mol. The molecule has 0 amide bonds. The minimum absolute atomic E-state index is 0.621. The number of nitrogen functional groups attached to an aromatic ring is 1. The highest BCUT2D eigenvalue weighted by Crippen LogP contribution is 2.31. The molecule has 1 fully saturated rings. The summed E-state index contributed by atoms with van der Waals surface area (Å²) in [5.41, 5.74) is 6.43. The molecule has 0 atom stereocenters. The van der Waals surface area contributed by atoms with Crippen LogP contribution in [0.1, 0.15) is 19.8 Å². The van der Waals surface area contributed by atoms with Crippen LogP contribution in [-0.2, 0) is 0 Å². The van der Waals surface area contributed by atoms with Gasteiger partial charge in [-0.3, -0.25) is 0 Å². The van der Waals surface area contributed by atoms with Crippen molar-refractivity contribution < 1.29 is 9.47 Å². The Balaban J connectivity index is 1.99. The van der Waals surface area contributed by atoms with Gasteiger partial charge >= 0.3 is 0 Å². The Kier molecular flexibility index (Phi) is 2.99. The summed E-state index contributed by atoms with van der Waals surface area (Å²) in [4.78, 5) is 0. The molecule has 1 aromatic carbocycles. The number of ether oxygens (including phenoxy) is 2. The Morgan fingerprint density at radius 2 is 2.13 bits per heavy atom. The van der Waals surface area contributed by atoms with E-state index in [2.05, 4.69) is 0 Å². The van der Waals surface area contributed by atoms with Crippen molar-refractivity contribution in [2.24, 2.45) is 5.92 Å². The summed E-state index contributed by atoms with van der Waals surface area (Å²) in [7, 11) is 0. The van der Waals surface area contributed by atoms with Gasteiger partial charge in [0.25, 0.3) is 0 Å². The van der Waals surface area contributed by atoms with Crippen LogP contribution in [0.2, 0.25) is 0 Å². The molecule has 0 spiro atoms. The fraction of sp³-hybridized carbons (Fsp3) is 0.500. The number of anilines is 1. The van der Waals surface area contributed by atoms with E-state index in [1.165, 1.54) is 12.8 Å². The van der Waals surface area contributed by atoms with Crippen LogP contribution in [0.4, 0.5) is 5.69 Å². The molecule has 0 aromatic heterocycles. The summed E-state index contributed by atoms with van der Waals surface area (Å²) in [6.07, 6.45) is 2.60. The normalized spacial score (nSPS) is 15.0. The van der Waals surface area contributed by atoms with Crippen LogP contribution in [0.5, 0.6) is 11.5 Å². The first kappa shape index (κ1) is 10.1. The molecule has 0 unspecified atom stereocenters. The van der Waals surface area contributed by atoms with Crippen molar-refractivity contribution in [2.75, 3.05) is 18.9 Å². The largest absolute Gasteiger partial charge is 0.493 e. The topological polar surface area (TPSA) is 44.5 Å². The molecule has 0 saturated heterocycles. The molecule has 2 N–H and O–H groups in total. The number of hydrogen-bond donors (Lipinski definition) is 1. The molecule has 1 aliphatic carbocycles. The fourth-order valence-electron chi connectivity index (χ4n) is 1.38. The van der Waals surface area contributed by atoms with Gasteiger partial charge < -0.3 is 15.2 Å². The smallest absolute Gasteiger partial charge is 0.145 e. The van der Waals surface area contributed by atoms with E-state index in [1.54, 1.807) is 0 Å². The zero-order valence-electron chi connectivity index (χ0n) is 9.03. The molecule has 0 aliphatic heterocycles. The number of nitrogens with two attached hydrogens (primary N) is 1. The number of benzene rings is 1. The van der Waals surface area contributed by atoms with Gasteiger partial charge in [0.1, 0.15) is 11.5 Å². The van der Waals surface area contributed by atoms with Gasteiger partial charge in [-0.15, -0.1) is 0 Å². The molecule has 3 nitrogen and oxygen atoms in total. The predicted octanol–water partition coefficient (Wildman–Crippen LogP) is 2.46. The van der Waals surface area contributed by atoms with Crippen LogP contribution < -0.4 is 15.2 Å². The highest BCUT2D eigenvalue weighted by molar-refractivity contribution is 5.55. The van der Waals surface area contributed by atoms with E-state index in [1.807, 2.05) is 25.1 Å². The first-order valence-electron chi connectivity index (χ1n) is 5.44. The van der Waals surface area contributed by atoms with Crippen molar-refractivity contribution in [3.8, 4) is 11.5 Å². The molecule has 2 rings (SSSR count). The van der Waals surface area contributed by atoms with Crippen LogP contribution >= 0.6 is 0 Å². The van der Waals surface area contributed by atoms with Gasteiger partial charge in [0, 0.05) is 6.07 Å². The van der Waals surface area contributed by atoms with Gasteiger partial charge in [-0.1, -0.05) is 0 Å². The summed E-state index contributed by atoms with van der Waals surface area (Å²) >= 11 is 0.